The van der Waals surface area contributed by atoms with Gasteiger partial charge in [0.05, 0.1) is 12.1 Å². The first-order valence-corrected chi connectivity index (χ1v) is 4.53. The lowest BCUT2D eigenvalue weighted by molar-refractivity contribution is 0.164. The first-order chi connectivity index (χ1) is 6.02. The normalized spacial score (nSPS) is 15.5. The smallest absolute Gasteiger partial charge is 0.0704 e. The summed E-state index contributed by atoms with van der Waals surface area (Å²) in [4.78, 5) is 0. The minimum absolute atomic E-state index is 0.277. The Balaban J connectivity index is 3.01. The van der Waals surface area contributed by atoms with Crippen LogP contribution in [0.15, 0.2) is 18.2 Å². The first-order valence-electron chi connectivity index (χ1n) is 4.53. The molecule has 2 heteroatoms. The summed E-state index contributed by atoms with van der Waals surface area (Å²) in [6.45, 7) is 5.78. The summed E-state index contributed by atoms with van der Waals surface area (Å²) in [5.41, 5.74) is 9.24. The van der Waals surface area contributed by atoms with Gasteiger partial charge < -0.3 is 10.8 Å². The molecule has 0 saturated heterocycles. The summed E-state index contributed by atoms with van der Waals surface area (Å²) in [6, 6.07) is 5.81. The Kier molecular flexibility index (Phi) is 3.07. The van der Waals surface area contributed by atoms with E-state index in [9.17, 15) is 5.11 Å². The molecule has 0 bridgehead atoms. The van der Waals surface area contributed by atoms with Crippen LogP contribution in [0.4, 0.5) is 0 Å². The second-order valence-electron chi connectivity index (χ2n) is 3.63. The van der Waals surface area contributed by atoms with Gasteiger partial charge in [0.2, 0.25) is 0 Å². The summed E-state index contributed by atoms with van der Waals surface area (Å²) in [6.07, 6.45) is -0.499. The molecule has 72 valence electrons. The molecule has 0 aromatic heterocycles. The van der Waals surface area contributed by atoms with E-state index in [1.807, 2.05) is 26.0 Å². The van der Waals surface area contributed by atoms with E-state index in [-0.39, 0.29) is 6.04 Å². The quantitative estimate of drug-likeness (QED) is 0.725. The van der Waals surface area contributed by atoms with Crippen LogP contribution in [-0.4, -0.2) is 11.2 Å². The molecule has 0 fully saturated rings. The van der Waals surface area contributed by atoms with E-state index in [1.54, 1.807) is 6.92 Å². The van der Waals surface area contributed by atoms with E-state index in [4.69, 9.17) is 5.73 Å². The maximum Gasteiger partial charge on any atom is 0.0704 e. The van der Waals surface area contributed by atoms with Crippen LogP contribution in [0.1, 0.15) is 29.7 Å². The highest BCUT2D eigenvalue weighted by Crippen LogP contribution is 2.19. The van der Waals surface area contributed by atoms with Crippen LogP contribution in [0.5, 0.6) is 0 Å². The van der Waals surface area contributed by atoms with Crippen molar-refractivity contribution in [2.24, 2.45) is 5.73 Å². The van der Waals surface area contributed by atoms with Gasteiger partial charge in [0.1, 0.15) is 0 Å². The molecule has 0 aliphatic carbocycles. The van der Waals surface area contributed by atoms with Gasteiger partial charge in [-0.3, -0.25) is 0 Å². The van der Waals surface area contributed by atoms with E-state index in [1.165, 1.54) is 5.56 Å². The van der Waals surface area contributed by atoms with Gasteiger partial charge in [-0.1, -0.05) is 23.8 Å². The van der Waals surface area contributed by atoms with Crippen LogP contribution in [0.2, 0.25) is 0 Å². The number of rotatable bonds is 2. The van der Waals surface area contributed by atoms with Gasteiger partial charge in [-0.25, -0.2) is 0 Å². The maximum absolute atomic E-state index is 9.34. The number of aryl methyl sites for hydroxylation is 2. The van der Waals surface area contributed by atoms with Crippen molar-refractivity contribution in [3.05, 3.63) is 34.9 Å². The summed E-state index contributed by atoms with van der Waals surface area (Å²) >= 11 is 0. The molecular formula is C11H17NO. The molecule has 0 heterocycles. The van der Waals surface area contributed by atoms with Gasteiger partial charge in [-0.2, -0.15) is 0 Å². The predicted octanol–water partition coefficient (Wildman–Crippen LogP) is 1.68. The largest absolute Gasteiger partial charge is 0.391 e. The Morgan fingerprint density at radius 1 is 1.31 bits per heavy atom. The molecule has 2 unspecified atom stereocenters. The third kappa shape index (κ3) is 2.29. The van der Waals surface area contributed by atoms with Crippen molar-refractivity contribution >= 4 is 0 Å². The van der Waals surface area contributed by atoms with Gasteiger partial charge in [-0.15, -0.1) is 0 Å². The van der Waals surface area contributed by atoms with Crippen molar-refractivity contribution in [1.82, 2.24) is 0 Å². The Morgan fingerprint density at radius 3 is 2.38 bits per heavy atom. The van der Waals surface area contributed by atoms with E-state index < -0.39 is 6.10 Å². The summed E-state index contributed by atoms with van der Waals surface area (Å²) in [5, 5.41) is 9.34. The second-order valence-corrected chi connectivity index (χ2v) is 3.63. The van der Waals surface area contributed by atoms with Crippen molar-refractivity contribution < 1.29 is 5.11 Å². The van der Waals surface area contributed by atoms with Crippen molar-refractivity contribution in [1.29, 1.82) is 0 Å². The number of hydrogen-bond donors (Lipinski definition) is 2. The van der Waals surface area contributed by atoms with Crippen molar-refractivity contribution in [2.45, 2.75) is 32.9 Å². The van der Waals surface area contributed by atoms with E-state index in [2.05, 4.69) is 6.07 Å². The third-order valence-corrected chi connectivity index (χ3v) is 2.30. The lowest BCUT2D eigenvalue weighted by atomic mass is 9.97. The van der Waals surface area contributed by atoms with E-state index >= 15 is 0 Å². The molecule has 1 aromatic rings. The fourth-order valence-electron chi connectivity index (χ4n) is 1.46. The van der Waals surface area contributed by atoms with Crippen LogP contribution < -0.4 is 5.73 Å². The summed E-state index contributed by atoms with van der Waals surface area (Å²) in [7, 11) is 0. The summed E-state index contributed by atoms with van der Waals surface area (Å²) < 4.78 is 0. The molecule has 0 aliphatic rings. The Bertz CT molecular complexity index is 294. The number of nitrogens with two attached hydrogens (primary N) is 1. The molecule has 0 radical (unpaired) electrons. The van der Waals surface area contributed by atoms with Gasteiger partial charge in [0.15, 0.2) is 0 Å². The number of aliphatic hydroxyl groups excluding tert-OH is 1. The highest BCUT2D eigenvalue weighted by molar-refractivity contribution is 5.33. The molecule has 1 aromatic carbocycles. The van der Waals surface area contributed by atoms with Crippen molar-refractivity contribution in [2.75, 3.05) is 0 Å². The zero-order valence-corrected chi connectivity index (χ0v) is 8.41. The Morgan fingerprint density at radius 2 is 1.92 bits per heavy atom. The predicted molar refractivity (Wildman–Crippen MR) is 54.5 cm³/mol. The average molecular weight is 179 g/mol. The molecule has 0 amide bonds. The van der Waals surface area contributed by atoms with Crippen LogP contribution >= 0.6 is 0 Å². The zero-order valence-electron chi connectivity index (χ0n) is 8.41. The highest BCUT2D eigenvalue weighted by atomic mass is 16.3. The molecule has 0 saturated carbocycles. The molecule has 0 aliphatic heterocycles. The Labute approximate surface area is 79.4 Å². The third-order valence-electron chi connectivity index (χ3n) is 2.30. The van der Waals surface area contributed by atoms with Crippen LogP contribution in [0, 0.1) is 13.8 Å². The van der Waals surface area contributed by atoms with Crippen LogP contribution in [0.25, 0.3) is 0 Å². The monoisotopic (exact) mass is 179 g/mol. The lowest BCUT2D eigenvalue weighted by Gasteiger charge is -2.17. The number of benzene rings is 1. The number of hydrogen-bond acceptors (Lipinski definition) is 2. The Hall–Kier alpha value is -0.860. The standard InChI is InChI=1S/C11H17NO/c1-7-4-5-10(8(2)6-7)11(12)9(3)13/h4-6,9,11,13H,12H2,1-3H3. The van der Waals surface area contributed by atoms with Gasteiger partial charge >= 0.3 is 0 Å². The lowest BCUT2D eigenvalue weighted by Crippen LogP contribution is -2.23. The zero-order chi connectivity index (χ0) is 10.0. The molecule has 1 rings (SSSR count). The molecule has 2 nitrogen and oxygen atoms in total. The van der Waals surface area contributed by atoms with E-state index in [0.29, 0.717) is 0 Å². The molecular weight excluding hydrogens is 162 g/mol. The van der Waals surface area contributed by atoms with Crippen LogP contribution in [0.3, 0.4) is 0 Å². The molecule has 0 spiro atoms. The summed E-state index contributed by atoms with van der Waals surface area (Å²) in [5.74, 6) is 0. The second kappa shape index (κ2) is 3.90. The fraction of sp³-hybridized carbons (Fsp3) is 0.455. The molecule has 2 atom stereocenters. The van der Waals surface area contributed by atoms with Crippen molar-refractivity contribution in [3.8, 4) is 0 Å². The first kappa shape index (κ1) is 10.2. The molecule has 13 heavy (non-hydrogen) atoms. The van der Waals surface area contributed by atoms with Gasteiger partial charge in [0, 0.05) is 0 Å². The topological polar surface area (TPSA) is 46.2 Å². The SMILES string of the molecule is Cc1ccc(C(N)C(C)O)c(C)c1. The highest BCUT2D eigenvalue weighted by Gasteiger charge is 2.13. The molecule has 3 N–H and O–H groups in total. The van der Waals surface area contributed by atoms with E-state index in [0.717, 1.165) is 11.1 Å². The van der Waals surface area contributed by atoms with Gasteiger partial charge in [-0.05, 0) is 31.9 Å². The number of aliphatic hydroxyl groups is 1. The minimum Gasteiger partial charge on any atom is -0.391 e. The minimum atomic E-state index is -0.499. The average Bonchev–Trinajstić information content (AvgIpc) is 2.03. The van der Waals surface area contributed by atoms with Crippen molar-refractivity contribution in [3.63, 3.8) is 0 Å². The van der Waals surface area contributed by atoms with Crippen LogP contribution in [-0.2, 0) is 0 Å². The fourth-order valence-corrected chi connectivity index (χ4v) is 1.46. The maximum atomic E-state index is 9.34. The van der Waals surface area contributed by atoms with Gasteiger partial charge in [0.25, 0.3) is 0 Å².